The molecular formula is C19H13BrF3N3O5. The number of aromatic nitrogens is 3. The van der Waals surface area contributed by atoms with Crippen molar-refractivity contribution in [3.05, 3.63) is 73.7 Å². The molecule has 0 fully saturated rings. The molecule has 0 saturated heterocycles. The summed E-state index contributed by atoms with van der Waals surface area (Å²) < 4.78 is 51.5. The fraction of sp³-hybridized carbons (Fsp3) is 0.158. The Morgan fingerprint density at radius 1 is 1.13 bits per heavy atom. The van der Waals surface area contributed by atoms with Crippen LogP contribution in [0.4, 0.5) is 13.2 Å². The Labute approximate surface area is 180 Å². The number of halogens is 4. The van der Waals surface area contributed by atoms with Gasteiger partial charge in [0.1, 0.15) is 18.1 Å². The van der Waals surface area contributed by atoms with Crippen LogP contribution in [-0.4, -0.2) is 27.0 Å². The summed E-state index contributed by atoms with van der Waals surface area (Å²) in [6.07, 6.45) is -1.58. The summed E-state index contributed by atoms with van der Waals surface area (Å²) in [5, 5.41) is 0. The van der Waals surface area contributed by atoms with Gasteiger partial charge in [-0.25, -0.2) is 9.36 Å². The number of pyridine rings is 1. The minimum atomic E-state index is -4.86. The molecule has 0 atom stereocenters. The van der Waals surface area contributed by atoms with Gasteiger partial charge in [0, 0.05) is 31.4 Å². The minimum absolute atomic E-state index is 0.0121. The average molecular weight is 500 g/mol. The molecule has 0 aliphatic heterocycles. The maximum atomic E-state index is 13.1. The molecule has 12 heteroatoms. The molecule has 0 N–H and O–H groups in total. The Morgan fingerprint density at radius 3 is 2.55 bits per heavy atom. The molecule has 2 heterocycles. The first-order chi connectivity index (χ1) is 14.6. The lowest BCUT2D eigenvalue weighted by atomic mass is 10.3. The fourth-order valence-corrected chi connectivity index (χ4v) is 2.97. The summed E-state index contributed by atoms with van der Waals surface area (Å²) in [6.45, 7) is -0.236. The summed E-state index contributed by atoms with van der Waals surface area (Å²) in [5.74, 6) is 0.477. The van der Waals surface area contributed by atoms with E-state index >= 15 is 0 Å². The van der Waals surface area contributed by atoms with E-state index in [1.807, 2.05) is 0 Å². The second-order valence-corrected chi connectivity index (χ2v) is 6.91. The molecule has 162 valence electrons. The van der Waals surface area contributed by atoms with E-state index in [1.54, 1.807) is 0 Å². The summed E-state index contributed by atoms with van der Waals surface area (Å²) in [5.41, 5.74) is -3.70. The van der Waals surface area contributed by atoms with Crippen LogP contribution in [-0.2, 0) is 18.0 Å². The molecule has 0 bridgehead atoms. The van der Waals surface area contributed by atoms with E-state index in [1.165, 1.54) is 36.7 Å². The third-order valence-corrected chi connectivity index (χ3v) is 4.71. The van der Waals surface area contributed by atoms with Crippen LogP contribution in [0.1, 0.15) is 5.69 Å². The SMILES string of the molecule is Cn1c(C(F)(F)F)cc(=O)n(-c2ccc(Br)c(Oc3ccncc3OCC=O)c2)c1=O. The van der Waals surface area contributed by atoms with Crippen molar-refractivity contribution in [3.63, 3.8) is 0 Å². The Bertz CT molecular complexity index is 1250. The van der Waals surface area contributed by atoms with Crippen molar-refractivity contribution in [2.24, 2.45) is 7.05 Å². The van der Waals surface area contributed by atoms with Crippen LogP contribution in [0.5, 0.6) is 17.2 Å². The third-order valence-electron chi connectivity index (χ3n) is 4.06. The van der Waals surface area contributed by atoms with Crippen LogP contribution in [0.15, 0.2) is 56.8 Å². The number of benzene rings is 1. The normalized spacial score (nSPS) is 11.3. The minimum Gasteiger partial charge on any atom is -0.481 e. The zero-order valence-corrected chi connectivity index (χ0v) is 17.3. The van der Waals surface area contributed by atoms with Crippen LogP contribution >= 0.6 is 15.9 Å². The van der Waals surface area contributed by atoms with E-state index in [0.29, 0.717) is 26.0 Å². The van der Waals surface area contributed by atoms with Crippen LogP contribution in [0, 0.1) is 0 Å². The Hall–Kier alpha value is -3.41. The molecular weight excluding hydrogens is 487 g/mol. The highest BCUT2D eigenvalue weighted by Gasteiger charge is 2.35. The topological polar surface area (TPSA) is 92.4 Å². The lowest BCUT2D eigenvalue weighted by molar-refractivity contribution is -0.144. The van der Waals surface area contributed by atoms with E-state index in [-0.39, 0.29) is 29.5 Å². The summed E-state index contributed by atoms with van der Waals surface area (Å²) in [6, 6.07) is 5.93. The zero-order valence-electron chi connectivity index (χ0n) is 15.7. The number of ether oxygens (including phenoxy) is 2. The smallest absolute Gasteiger partial charge is 0.431 e. The first-order valence-corrected chi connectivity index (χ1v) is 9.31. The largest absolute Gasteiger partial charge is 0.481 e. The molecule has 3 aromatic rings. The lowest BCUT2D eigenvalue weighted by Gasteiger charge is -2.15. The molecule has 0 aliphatic rings. The van der Waals surface area contributed by atoms with Gasteiger partial charge in [-0.05, 0) is 28.1 Å². The van der Waals surface area contributed by atoms with Crippen molar-refractivity contribution in [1.29, 1.82) is 0 Å². The highest BCUT2D eigenvalue weighted by molar-refractivity contribution is 9.10. The molecule has 0 amide bonds. The van der Waals surface area contributed by atoms with Crippen molar-refractivity contribution in [2.45, 2.75) is 6.18 Å². The van der Waals surface area contributed by atoms with Crippen LogP contribution in [0.3, 0.4) is 0 Å². The highest BCUT2D eigenvalue weighted by Crippen LogP contribution is 2.35. The van der Waals surface area contributed by atoms with Crippen molar-refractivity contribution in [3.8, 4) is 22.9 Å². The molecule has 3 rings (SSSR count). The number of aldehydes is 1. The highest BCUT2D eigenvalue weighted by atomic mass is 79.9. The number of nitrogens with zero attached hydrogens (tertiary/aromatic N) is 3. The van der Waals surface area contributed by atoms with Crippen LogP contribution < -0.4 is 20.7 Å². The van der Waals surface area contributed by atoms with Gasteiger partial charge < -0.3 is 9.47 Å². The standard InChI is InChI=1S/C19H13BrF3N3O5/c1-25-16(19(21,22)23)9-17(28)26(18(25)29)11-2-3-12(20)14(8-11)31-13-4-5-24-10-15(13)30-7-6-27/h2-6,8-10H,7H2,1H3. The van der Waals surface area contributed by atoms with Gasteiger partial charge in [-0.2, -0.15) is 13.2 Å². The predicted octanol–water partition coefficient (Wildman–Crippen LogP) is 3.08. The number of hydrogen-bond acceptors (Lipinski definition) is 6. The quantitative estimate of drug-likeness (QED) is 0.484. The maximum Gasteiger partial charge on any atom is 0.431 e. The summed E-state index contributed by atoms with van der Waals surface area (Å²) >= 11 is 3.27. The summed E-state index contributed by atoms with van der Waals surface area (Å²) in [4.78, 5) is 39.2. The number of carbonyl (C=O) groups is 1. The second-order valence-electron chi connectivity index (χ2n) is 6.06. The lowest BCUT2D eigenvalue weighted by Crippen LogP contribution is -2.40. The van der Waals surface area contributed by atoms with Crippen molar-refractivity contribution in [2.75, 3.05) is 6.61 Å². The molecule has 0 aliphatic carbocycles. The maximum absolute atomic E-state index is 13.1. The third kappa shape index (κ3) is 4.68. The Balaban J connectivity index is 2.08. The second kappa shape index (κ2) is 8.76. The molecule has 0 radical (unpaired) electrons. The van der Waals surface area contributed by atoms with Gasteiger partial charge >= 0.3 is 11.9 Å². The average Bonchev–Trinajstić information content (AvgIpc) is 2.71. The first-order valence-electron chi connectivity index (χ1n) is 8.52. The number of carbonyl (C=O) groups excluding carboxylic acids is 1. The predicted molar refractivity (Wildman–Crippen MR) is 106 cm³/mol. The summed E-state index contributed by atoms with van der Waals surface area (Å²) in [7, 11) is 0.922. The zero-order chi connectivity index (χ0) is 22.8. The van der Waals surface area contributed by atoms with Gasteiger partial charge in [-0.1, -0.05) is 0 Å². The van der Waals surface area contributed by atoms with Crippen LogP contribution in [0.2, 0.25) is 0 Å². The Kier molecular flexibility index (Phi) is 6.29. The molecule has 0 unspecified atom stereocenters. The van der Waals surface area contributed by atoms with Crippen molar-refractivity contribution in [1.82, 2.24) is 14.1 Å². The van der Waals surface area contributed by atoms with E-state index in [9.17, 15) is 27.6 Å². The number of hydrogen-bond donors (Lipinski definition) is 0. The van der Waals surface area contributed by atoms with Gasteiger partial charge in [-0.3, -0.25) is 19.1 Å². The monoisotopic (exact) mass is 499 g/mol. The molecule has 2 aromatic heterocycles. The molecule has 8 nitrogen and oxygen atoms in total. The molecule has 0 saturated carbocycles. The van der Waals surface area contributed by atoms with E-state index < -0.39 is 23.1 Å². The van der Waals surface area contributed by atoms with E-state index in [4.69, 9.17) is 9.47 Å². The van der Waals surface area contributed by atoms with Gasteiger partial charge in [0.05, 0.1) is 16.4 Å². The van der Waals surface area contributed by atoms with Crippen LogP contribution in [0.25, 0.3) is 5.69 Å². The van der Waals surface area contributed by atoms with E-state index in [0.717, 1.165) is 7.05 Å². The fourth-order valence-electron chi connectivity index (χ4n) is 2.65. The van der Waals surface area contributed by atoms with Crippen molar-refractivity contribution < 1.29 is 27.4 Å². The van der Waals surface area contributed by atoms with Gasteiger partial charge in [-0.15, -0.1) is 0 Å². The van der Waals surface area contributed by atoms with Gasteiger partial charge in [0.15, 0.2) is 17.8 Å². The number of alkyl halides is 3. The number of rotatable bonds is 6. The van der Waals surface area contributed by atoms with Gasteiger partial charge in [0.25, 0.3) is 5.56 Å². The van der Waals surface area contributed by atoms with E-state index in [2.05, 4.69) is 20.9 Å². The molecule has 0 spiro atoms. The Morgan fingerprint density at radius 2 is 1.87 bits per heavy atom. The van der Waals surface area contributed by atoms with Gasteiger partial charge in [0.2, 0.25) is 0 Å². The van der Waals surface area contributed by atoms with Crippen molar-refractivity contribution >= 4 is 22.2 Å². The molecule has 1 aromatic carbocycles. The first kappa shape index (κ1) is 22.3. The molecule has 31 heavy (non-hydrogen) atoms.